The minimum Gasteiger partial charge on any atom is -0.454 e. The molecule has 0 aliphatic carbocycles. The van der Waals surface area contributed by atoms with Crippen LogP contribution in [-0.4, -0.2) is 28.4 Å². The normalized spacial score (nSPS) is 12.2. The van der Waals surface area contributed by atoms with E-state index < -0.39 is 0 Å². The second-order valence-electron chi connectivity index (χ2n) is 7.45. The third-order valence-corrected chi connectivity index (χ3v) is 5.29. The third kappa shape index (κ3) is 4.49. The predicted octanol–water partition coefficient (Wildman–Crippen LogP) is 3.35. The van der Waals surface area contributed by atoms with Crippen molar-refractivity contribution in [1.29, 1.82) is 0 Å². The third-order valence-electron chi connectivity index (χ3n) is 5.29. The van der Waals surface area contributed by atoms with Gasteiger partial charge >= 0.3 is 0 Å². The zero-order chi connectivity index (χ0) is 22.7. The highest BCUT2D eigenvalue weighted by atomic mass is 16.7. The molecule has 0 spiro atoms. The zero-order valence-corrected chi connectivity index (χ0v) is 18.1. The van der Waals surface area contributed by atoms with Crippen LogP contribution in [0.2, 0.25) is 0 Å². The fourth-order valence-electron chi connectivity index (χ4n) is 3.48. The van der Waals surface area contributed by atoms with Crippen LogP contribution in [0, 0.1) is 13.8 Å². The van der Waals surface area contributed by atoms with Gasteiger partial charge in [-0.15, -0.1) is 0 Å². The topological polar surface area (TPSA) is 94.5 Å². The van der Waals surface area contributed by atoms with Gasteiger partial charge in [0.2, 0.25) is 12.7 Å². The van der Waals surface area contributed by atoms with Gasteiger partial charge in [-0.05, 0) is 49.8 Å². The van der Waals surface area contributed by atoms with Gasteiger partial charge in [-0.2, -0.15) is 5.10 Å². The molecule has 0 fully saturated rings. The molecule has 2 N–H and O–H groups in total. The lowest BCUT2D eigenvalue weighted by Crippen LogP contribution is -2.24. The number of benzene rings is 2. The lowest BCUT2D eigenvalue weighted by atomic mass is 10.1. The van der Waals surface area contributed by atoms with Gasteiger partial charge < -0.3 is 20.1 Å². The van der Waals surface area contributed by atoms with E-state index in [1.165, 1.54) is 6.08 Å². The quantitative estimate of drug-likeness (QED) is 0.583. The van der Waals surface area contributed by atoms with Crippen LogP contribution < -0.4 is 20.1 Å². The molecule has 3 aromatic rings. The summed E-state index contributed by atoms with van der Waals surface area (Å²) in [6.07, 6.45) is 3.17. The van der Waals surface area contributed by atoms with Crippen molar-refractivity contribution in [1.82, 2.24) is 15.1 Å². The van der Waals surface area contributed by atoms with E-state index in [0.717, 1.165) is 22.5 Å². The van der Waals surface area contributed by atoms with Crippen LogP contribution in [0.1, 0.15) is 32.9 Å². The number of amides is 2. The highest BCUT2D eigenvalue weighted by Crippen LogP contribution is 2.32. The van der Waals surface area contributed by atoms with E-state index >= 15 is 0 Å². The van der Waals surface area contributed by atoms with Gasteiger partial charge in [-0.25, -0.2) is 0 Å². The maximum Gasteiger partial charge on any atom is 0.253 e. The molecule has 8 heteroatoms. The Kier molecular flexibility index (Phi) is 5.93. The average Bonchev–Trinajstić information content (AvgIpc) is 3.34. The van der Waals surface area contributed by atoms with Crippen molar-refractivity contribution in [2.75, 3.05) is 12.1 Å². The fraction of sp³-hybridized carbons (Fsp3) is 0.208. The van der Waals surface area contributed by atoms with Crippen LogP contribution in [0.3, 0.4) is 0 Å². The van der Waals surface area contributed by atoms with Gasteiger partial charge in [0.1, 0.15) is 0 Å². The highest BCUT2D eigenvalue weighted by Gasteiger charge is 2.15. The number of carbonyl (C=O) groups excluding carboxylic acids is 2. The molecule has 2 aromatic carbocycles. The summed E-state index contributed by atoms with van der Waals surface area (Å²) in [5.41, 5.74) is 4.41. The number of aromatic nitrogens is 2. The van der Waals surface area contributed by atoms with E-state index in [4.69, 9.17) is 9.47 Å². The summed E-state index contributed by atoms with van der Waals surface area (Å²) >= 11 is 0. The standard InChI is InChI=1S/C24H24N4O4/c1-15-18(16(2)28(3)27-15)9-11-23(29)26-20-7-5-4-6-19(20)24(30)25-13-17-8-10-21-22(12-17)32-14-31-21/h4-12H,13-14H2,1-3H3,(H,25,30)(H,26,29). The Labute approximate surface area is 185 Å². The summed E-state index contributed by atoms with van der Waals surface area (Å²) in [7, 11) is 1.86. The van der Waals surface area contributed by atoms with Crippen molar-refractivity contribution in [2.24, 2.45) is 7.05 Å². The summed E-state index contributed by atoms with van der Waals surface area (Å²) in [4.78, 5) is 25.3. The van der Waals surface area contributed by atoms with E-state index in [9.17, 15) is 9.59 Å². The van der Waals surface area contributed by atoms with Crippen LogP contribution in [-0.2, 0) is 18.4 Å². The summed E-state index contributed by atoms with van der Waals surface area (Å²) in [6, 6.07) is 12.4. The van der Waals surface area contributed by atoms with Gasteiger partial charge in [0.15, 0.2) is 11.5 Å². The second-order valence-corrected chi connectivity index (χ2v) is 7.45. The first kappa shape index (κ1) is 21.2. The van der Waals surface area contributed by atoms with Crippen LogP contribution in [0.15, 0.2) is 48.5 Å². The van der Waals surface area contributed by atoms with E-state index in [-0.39, 0.29) is 18.6 Å². The first-order chi connectivity index (χ1) is 15.4. The van der Waals surface area contributed by atoms with E-state index in [1.807, 2.05) is 39.1 Å². The number of hydrogen-bond donors (Lipinski definition) is 2. The zero-order valence-electron chi connectivity index (χ0n) is 18.1. The molecule has 2 heterocycles. The van der Waals surface area contributed by atoms with Crippen molar-refractivity contribution in [3.05, 3.63) is 76.6 Å². The van der Waals surface area contributed by atoms with E-state index in [1.54, 1.807) is 35.0 Å². The Morgan fingerprint density at radius 1 is 1.12 bits per heavy atom. The number of ether oxygens (including phenoxy) is 2. The van der Waals surface area contributed by atoms with Crippen LogP contribution in [0.5, 0.6) is 11.5 Å². The molecule has 8 nitrogen and oxygen atoms in total. The number of hydrogen-bond acceptors (Lipinski definition) is 5. The fourth-order valence-corrected chi connectivity index (χ4v) is 3.48. The van der Waals surface area contributed by atoms with Gasteiger partial charge in [-0.1, -0.05) is 18.2 Å². The summed E-state index contributed by atoms with van der Waals surface area (Å²) < 4.78 is 12.4. The SMILES string of the molecule is Cc1nn(C)c(C)c1C=CC(=O)Nc1ccccc1C(=O)NCc1ccc2c(c1)OCO2. The largest absolute Gasteiger partial charge is 0.454 e. The number of anilines is 1. The average molecular weight is 432 g/mol. The Morgan fingerprint density at radius 3 is 2.69 bits per heavy atom. The Balaban J connectivity index is 1.42. The molecule has 1 aliphatic heterocycles. The molecule has 0 radical (unpaired) electrons. The van der Waals surface area contributed by atoms with E-state index in [2.05, 4.69) is 15.7 Å². The highest BCUT2D eigenvalue weighted by molar-refractivity contribution is 6.07. The van der Waals surface area contributed by atoms with Crippen molar-refractivity contribution in [3.8, 4) is 11.5 Å². The minimum absolute atomic E-state index is 0.201. The number of para-hydroxylation sites is 1. The van der Waals surface area contributed by atoms with Crippen molar-refractivity contribution >= 4 is 23.6 Å². The van der Waals surface area contributed by atoms with Crippen molar-refractivity contribution in [2.45, 2.75) is 20.4 Å². The van der Waals surface area contributed by atoms with Crippen molar-refractivity contribution < 1.29 is 19.1 Å². The first-order valence-corrected chi connectivity index (χ1v) is 10.2. The Bertz CT molecular complexity index is 1210. The molecule has 32 heavy (non-hydrogen) atoms. The van der Waals surface area contributed by atoms with Gasteiger partial charge in [0, 0.05) is 30.9 Å². The maximum absolute atomic E-state index is 12.8. The Morgan fingerprint density at radius 2 is 1.91 bits per heavy atom. The molecule has 0 bridgehead atoms. The lowest BCUT2D eigenvalue weighted by Gasteiger charge is -2.11. The number of nitrogens with one attached hydrogen (secondary N) is 2. The monoisotopic (exact) mass is 432 g/mol. The predicted molar refractivity (Wildman–Crippen MR) is 121 cm³/mol. The van der Waals surface area contributed by atoms with Crippen LogP contribution >= 0.6 is 0 Å². The van der Waals surface area contributed by atoms with Crippen molar-refractivity contribution in [3.63, 3.8) is 0 Å². The molecule has 164 valence electrons. The molecule has 0 saturated heterocycles. The van der Waals surface area contributed by atoms with Gasteiger partial charge in [0.25, 0.3) is 5.91 Å². The first-order valence-electron chi connectivity index (χ1n) is 10.2. The molecule has 0 saturated carbocycles. The molecule has 4 rings (SSSR count). The molecule has 1 aliphatic rings. The van der Waals surface area contributed by atoms with Gasteiger partial charge in [0.05, 0.1) is 16.9 Å². The smallest absolute Gasteiger partial charge is 0.253 e. The molecular formula is C24H24N4O4. The van der Waals surface area contributed by atoms with Crippen LogP contribution in [0.25, 0.3) is 6.08 Å². The number of aryl methyl sites for hydroxylation is 2. The second kappa shape index (κ2) is 8.97. The number of fused-ring (bicyclic) bond motifs is 1. The molecule has 1 aromatic heterocycles. The number of carbonyl (C=O) groups is 2. The number of rotatable bonds is 6. The minimum atomic E-state index is -0.330. The molecule has 2 amide bonds. The molecular weight excluding hydrogens is 408 g/mol. The molecule has 0 unspecified atom stereocenters. The molecule has 0 atom stereocenters. The van der Waals surface area contributed by atoms with Gasteiger partial charge in [-0.3, -0.25) is 14.3 Å². The van der Waals surface area contributed by atoms with Crippen LogP contribution in [0.4, 0.5) is 5.69 Å². The lowest BCUT2D eigenvalue weighted by molar-refractivity contribution is -0.111. The maximum atomic E-state index is 12.8. The summed E-state index contributed by atoms with van der Waals surface area (Å²) in [5.74, 6) is 0.735. The Hall–Kier alpha value is -4.07. The van der Waals surface area contributed by atoms with E-state index in [0.29, 0.717) is 29.3 Å². The summed E-state index contributed by atoms with van der Waals surface area (Å²) in [5, 5.41) is 10.0. The summed E-state index contributed by atoms with van der Waals surface area (Å²) in [6.45, 7) is 4.35. The number of nitrogens with zero attached hydrogens (tertiary/aromatic N) is 2.